The zero-order valence-corrected chi connectivity index (χ0v) is 13.2. The van der Waals surface area contributed by atoms with Gasteiger partial charge < -0.3 is 10.4 Å². The number of hydrogen-bond acceptors (Lipinski definition) is 3. The average molecular weight is 311 g/mol. The van der Waals surface area contributed by atoms with E-state index in [2.05, 4.69) is 24.0 Å². The third-order valence-corrected chi connectivity index (χ3v) is 4.82. The first-order valence-electron chi connectivity index (χ1n) is 7.91. The molecular formula is C19H21NO3. The normalized spacial score (nSPS) is 27.9. The number of aliphatic hydroxyl groups is 1. The van der Waals surface area contributed by atoms with Crippen LogP contribution in [0.1, 0.15) is 18.9 Å². The maximum atomic E-state index is 12.6. The Kier molecular flexibility index (Phi) is 4.07. The van der Waals surface area contributed by atoms with Crippen molar-refractivity contribution in [3.63, 3.8) is 0 Å². The van der Waals surface area contributed by atoms with Gasteiger partial charge in [0.2, 0.25) is 5.91 Å². The van der Waals surface area contributed by atoms with Crippen LogP contribution in [-0.2, 0) is 16.0 Å². The summed E-state index contributed by atoms with van der Waals surface area (Å²) in [6.45, 7) is 5.20. The van der Waals surface area contributed by atoms with Gasteiger partial charge in [0, 0.05) is 18.0 Å². The summed E-state index contributed by atoms with van der Waals surface area (Å²) in [4.78, 5) is 23.7. The van der Waals surface area contributed by atoms with Crippen LogP contribution in [0.3, 0.4) is 0 Å². The fourth-order valence-electron chi connectivity index (χ4n) is 3.85. The van der Waals surface area contributed by atoms with Gasteiger partial charge in [-0.15, -0.1) is 0 Å². The lowest BCUT2D eigenvalue weighted by Gasteiger charge is -2.26. The molecule has 1 aromatic carbocycles. The Morgan fingerprint density at radius 2 is 1.78 bits per heavy atom. The van der Waals surface area contributed by atoms with E-state index in [0.717, 1.165) is 12.0 Å². The number of benzene rings is 1. The van der Waals surface area contributed by atoms with Crippen molar-refractivity contribution in [2.75, 3.05) is 5.32 Å². The molecule has 0 radical (unpaired) electrons. The fourth-order valence-corrected chi connectivity index (χ4v) is 3.85. The lowest BCUT2D eigenvalue weighted by molar-refractivity contribution is -0.122. The van der Waals surface area contributed by atoms with Crippen molar-refractivity contribution >= 4 is 17.4 Å². The molecule has 2 aliphatic carbocycles. The summed E-state index contributed by atoms with van der Waals surface area (Å²) in [5.41, 5.74) is 1.64. The first kappa shape index (κ1) is 15.5. The van der Waals surface area contributed by atoms with Gasteiger partial charge in [-0.1, -0.05) is 30.9 Å². The van der Waals surface area contributed by atoms with E-state index in [9.17, 15) is 14.7 Å². The number of hydrogen-bond donors (Lipinski definition) is 2. The molecule has 4 heteroatoms. The van der Waals surface area contributed by atoms with Crippen LogP contribution in [0.2, 0.25) is 0 Å². The summed E-state index contributed by atoms with van der Waals surface area (Å²) in [6, 6.07) is 7.31. The summed E-state index contributed by atoms with van der Waals surface area (Å²) in [5, 5.41) is 12.8. The van der Waals surface area contributed by atoms with Crippen LogP contribution in [0.15, 0.2) is 48.8 Å². The number of rotatable bonds is 5. The largest absolute Gasteiger partial charge is 0.513 e. The van der Waals surface area contributed by atoms with Crippen molar-refractivity contribution in [1.82, 2.24) is 0 Å². The SMILES string of the molecule is C=C(O)C1C2C=CC(C2)C1C(=O)Nc1ccc(CC(C)=O)cc1. The highest BCUT2D eigenvalue weighted by Crippen LogP contribution is 2.50. The molecule has 0 aliphatic heterocycles. The zero-order valence-electron chi connectivity index (χ0n) is 13.2. The Bertz CT molecular complexity index is 674. The molecule has 120 valence electrons. The van der Waals surface area contributed by atoms with E-state index in [1.165, 1.54) is 0 Å². The standard InChI is InChI=1S/C19H21NO3/c1-11(21)9-13-3-7-16(8-4-13)20-19(23)18-15-6-5-14(10-15)17(18)12(2)22/h3-8,14-15,17-18,22H,2,9-10H2,1H3,(H,20,23). The van der Waals surface area contributed by atoms with E-state index in [-0.39, 0.29) is 41.1 Å². The van der Waals surface area contributed by atoms with Crippen molar-refractivity contribution in [3.8, 4) is 0 Å². The van der Waals surface area contributed by atoms with Crippen molar-refractivity contribution < 1.29 is 14.7 Å². The fraction of sp³-hybridized carbons (Fsp3) is 0.368. The molecular weight excluding hydrogens is 290 g/mol. The molecule has 0 saturated heterocycles. The molecule has 4 atom stereocenters. The van der Waals surface area contributed by atoms with Crippen LogP contribution in [0, 0.1) is 23.7 Å². The number of carbonyl (C=O) groups is 2. The predicted molar refractivity (Wildman–Crippen MR) is 88.9 cm³/mol. The van der Waals surface area contributed by atoms with Crippen LogP contribution in [0.4, 0.5) is 5.69 Å². The molecule has 0 heterocycles. The maximum Gasteiger partial charge on any atom is 0.228 e. The molecule has 0 spiro atoms. The number of allylic oxidation sites excluding steroid dienone is 3. The van der Waals surface area contributed by atoms with Gasteiger partial charge >= 0.3 is 0 Å². The van der Waals surface area contributed by atoms with Crippen LogP contribution in [0.5, 0.6) is 0 Å². The highest BCUT2D eigenvalue weighted by molar-refractivity contribution is 5.94. The number of carbonyl (C=O) groups excluding carboxylic acids is 2. The quantitative estimate of drug-likeness (QED) is 0.648. The maximum absolute atomic E-state index is 12.6. The molecule has 3 rings (SSSR count). The van der Waals surface area contributed by atoms with Crippen molar-refractivity contribution in [2.24, 2.45) is 23.7 Å². The minimum Gasteiger partial charge on any atom is -0.513 e. The Labute approximate surface area is 135 Å². The van der Waals surface area contributed by atoms with Crippen LogP contribution in [-0.4, -0.2) is 16.8 Å². The third kappa shape index (κ3) is 3.07. The number of amides is 1. The number of ketones is 1. The second kappa shape index (κ2) is 6.03. The third-order valence-electron chi connectivity index (χ3n) is 4.82. The van der Waals surface area contributed by atoms with E-state index < -0.39 is 0 Å². The second-order valence-electron chi connectivity index (χ2n) is 6.56. The van der Waals surface area contributed by atoms with E-state index in [1.807, 2.05) is 24.3 Å². The average Bonchev–Trinajstić information content (AvgIpc) is 3.09. The van der Waals surface area contributed by atoms with Gasteiger partial charge in [-0.25, -0.2) is 0 Å². The van der Waals surface area contributed by atoms with Gasteiger partial charge in [-0.05, 0) is 42.9 Å². The molecule has 1 fully saturated rings. The number of anilines is 1. The highest BCUT2D eigenvalue weighted by atomic mass is 16.3. The van der Waals surface area contributed by atoms with E-state index in [4.69, 9.17) is 0 Å². The summed E-state index contributed by atoms with van der Waals surface area (Å²) < 4.78 is 0. The van der Waals surface area contributed by atoms with Gasteiger partial charge in [0.15, 0.2) is 0 Å². The summed E-state index contributed by atoms with van der Waals surface area (Å²) in [6.07, 6.45) is 5.46. The monoisotopic (exact) mass is 311 g/mol. The first-order chi connectivity index (χ1) is 11.0. The number of aliphatic hydroxyl groups excluding tert-OH is 1. The first-order valence-corrected chi connectivity index (χ1v) is 7.91. The van der Waals surface area contributed by atoms with E-state index >= 15 is 0 Å². The Balaban J connectivity index is 1.70. The lowest BCUT2D eigenvalue weighted by atomic mass is 9.81. The molecule has 0 aromatic heterocycles. The second-order valence-corrected chi connectivity index (χ2v) is 6.56. The van der Waals surface area contributed by atoms with Crippen LogP contribution in [0.25, 0.3) is 0 Å². The van der Waals surface area contributed by atoms with Gasteiger partial charge in [0.1, 0.15) is 5.78 Å². The van der Waals surface area contributed by atoms with Gasteiger partial charge in [0.05, 0.1) is 11.7 Å². The molecule has 1 amide bonds. The Hall–Kier alpha value is -2.36. The molecule has 4 unspecified atom stereocenters. The van der Waals surface area contributed by atoms with Crippen molar-refractivity contribution in [2.45, 2.75) is 19.8 Å². The molecule has 2 N–H and O–H groups in total. The topological polar surface area (TPSA) is 66.4 Å². The van der Waals surface area contributed by atoms with Crippen LogP contribution >= 0.6 is 0 Å². The van der Waals surface area contributed by atoms with Gasteiger partial charge in [0.25, 0.3) is 0 Å². The minimum atomic E-state index is -0.264. The highest BCUT2D eigenvalue weighted by Gasteiger charge is 2.49. The Morgan fingerprint density at radius 3 is 2.35 bits per heavy atom. The summed E-state index contributed by atoms with van der Waals surface area (Å²) in [5.74, 6) is 0.0542. The van der Waals surface area contributed by atoms with Crippen LogP contribution < -0.4 is 5.32 Å². The molecule has 4 nitrogen and oxygen atoms in total. The smallest absolute Gasteiger partial charge is 0.228 e. The minimum absolute atomic E-state index is 0.0821. The summed E-state index contributed by atoms with van der Waals surface area (Å²) >= 11 is 0. The molecule has 1 saturated carbocycles. The van der Waals surface area contributed by atoms with Gasteiger partial charge in [-0.2, -0.15) is 0 Å². The number of nitrogens with one attached hydrogen (secondary N) is 1. The summed E-state index contributed by atoms with van der Waals surface area (Å²) in [7, 11) is 0. The predicted octanol–water partition coefficient (Wildman–Crippen LogP) is 3.27. The van der Waals surface area contributed by atoms with Crippen molar-refractivity contribution in [1.29, 1.82) is 0 Å². The number of Topliss-reactive ketones (excluding diaryl/α,β-unsaturated/α-hetero) is 1. The zero-order chi connectivity index (χ0) is 16.6. The molecule has 23 heavy (non-hydrogen) atoms. The van der Waals surface area contributed by atoms with E-state index in [0.29, 0.717) is 12.1 Å². The van der Waals surface area contributed by atoms with Gasteiger partial charge in [-0.3, -0.25) is 9.59 Å². The molecule has 1 aromatic rings. The Morgan fingerprint density at radius 1 is 1.17 bits per heavy atom. The molecule has 2 aliphatic rings. The number of fused-ring (bicyclic) bond motifs is 2. The molecule has 2 bridgehead atoms. The lowest BCUT2D eigenvalue weighted by Crippen LogP contribution is -2.33. The van der Waals surface area contributed by atoms with Crippen molar-refractivity contribution in [3.05, 3.63) is 54.3 Å². The van der Waals surface area contributed by atoms with E-state index in [1.54, 1.807) is 6.92 Å².